The number of rotatable bonds is 3. The minimum Gasteiger partial charge on any atom is -0.193 e. The van der Waals surface area contributed by atoms with Crippen molar-refractivity contribution in [1.82, 2.24) is 0 Å². The fourth-order valence-electron chi connectivity index (χ4n) is 0.230. The zero-order chi connectivity index (χ0) is 10.9. The van der Waals surface area contributed by atoms with Crippen LogP contribution in [0.2, 0.25) is 0 Å². The van der Waals surface area contributed by atoms with Crippen molar-refractivity contribution >= 4 is 26.0 Å². The summed E-state index contributed by atoms with van der Waals surface area (Å²) < 4.78 is 80.9. The van der Waals surface area contributed by atoms with Gasteiger partial charge in [-0.1, -0.05) is 15.9 Å². The van der Waals surface area contributed by atoms with E-state index in [0.29, 0.717) is 0 Å². The fourth-order valence-corrected chi connectivity index (χ4v) is 0.970. The van der Waals surface area contributed by atoms with E-state index in [2.05, 4.69) is 20.1 Å². The van der Waals surface area contributed by atoms with Gasteiger partial charge in [-0.2, -0.15) is 34.6 Å². The molecule has 0 aromatic carbocycles. The quantitative estimate of drug-likeness (QED) is 0.345. The van der Waals surface area contributed by atoms with Crippen molar-refractivity contribution in [1.29, 1.82) is 0 Å². The third-order valence-corrected chi connectivity index (χ3v) is 2.35. The Morgan fingerprint density at radius 2 is 1.54 bits per heavy atom. The van der Waals surface area contributed by atoms with Gasteiger partial charge in [0.2, 0.25) is 0 Å². The molecule has 0 aromatic heterocycles. The zero-order valence-corrected chi connectivity index (χ0v) is 8.01. The van der Waals surface area contributed by atoms with E-state index in [-0.39, 0.29) is 0 Å². The molecule has 0 fully saturated rings. The van der Waals surface area contributed by atoms with Crippen LogP contribution in [0.15, 0.2) is 0 Å². The summed E-state index contributed by atoms with van der Waals surface area (Å²) in [6.45, 7) is 0. The highest BCUT2D eigenvalue weighted by atomic mass is 79.9. The number of halogens is 6. The molecule has 0 spiro atoms. The Balaban J connectivity index is 4.74. The summed E-state index contributed by atoms with van der Waals surface area (Å²) in [7, 11) is -6.25. The van der Waals surface area contributed by atoms with Gasteiger partial charge in [-0.15, -0.1) is 0 Å². The van der Waals surface area contributed by atoms with E-state index in [1.54, 1.807) is 0 Å². The highest BCUT2D eigenvalue weighted by Gasteiger charge is 2.52. The lowest BCUT2D eigenvalue weighted by molar-refractivity contribution is -0.163. The Hall–Kier alpha value is 0.0400. The highest BCUT2D eigenvalue weighted by molar-refractivity contribution is 9.09. The first-order chi connectivity index (χ1) is 5.52. The largest absolute Gasteiger partial charge is 0.523 e. The smallest absolute Gasteiger partial charge is 0.193 e. The van der Waals surface area contributed by atoms with Crippen molar-refractivity contribution in [3.05, 3.63) is 0 Å². The maximum Gasteiger partial charge on any atom is 0.523 e. The van der Waals surface area contributed by atoms with Gasteiger partial charge in [-0.3, -0.25) is 0 Å². The lowest BCUT2D eigenvalue weighted by Gasteiger charge is -2.14. The summed E-state index contributed by atoms with van der Waals surface area (Å²) in [5, 5.41) is -1.35. The first-order valence-electron chi connectivity index (χ1n) is 2.47. The first-order valence-corrected chi connectivity index (χ1v) is 5.00. The average Bonchev–Trinajstić information content (AvgIpc) is 1.83. The van der Waals surface area contributed by atoms with Crippen molar-refractivity contribution < 1.29 is 34.6 Å². The molecule has 0 heterocycles. The molecule has 0 aromatic rings. The van der Waals surface area contributed by atoms with Crippen molar-refractivity contribution in [2.24, 2.45) is 0 Å². The number of hydrogen-bond acceptors (Lipinski definition) is 3. The molecule has 0 bridgehead atoms. The maximum atomic E-state index is 12.0. The molecule has 0 N–H and O–H groups in total. The second-order valence-electron chi connectivity index (χ2n) is 1.75. The predicted octanol–water partition coefficient (Wildman–Crippen LogP) is 1.84. The lowest BCUT2D eigenvalue weighted by Crippen LogP contribution is -2.34. The Morgan fingerprint density at radius 3 is 1.77 bits per heavy atom. The van der Waals surface area contributed by atoms with E-state index in [0.717, 1.165) is 0 Å². The number of alkyl halides is 6. The molecule has 0 aliphatic rings. The van der Waals surface area contributed by atoms with Crippen LogP contribution in [0, 0.1) is 0 Å². The molecular weight excluding hydrogens is 291 g/mol. The van der Waals surface area contributed by atoms with Crippen LogP contribution in [0.4, 0.5) is 22.0 Å². The van der Waals surface area contributed by atoms with Crippen LogP contribution in [-0.2, 0) is 14.3 Å². The van der Waals surface area contributed by atoms with Crippen LogP contribution in [0.1, 0.15) is 0 Å². The Bertz CT molecular complexity index is 269. The summed E-state index contributed by atoms with van der Waals surface area (Å²) >= 11 is 2.08. The van der Waals surface area contributed by atoms with Crippen molar-refractivity contribution in [3.63, 3.8) is 0 Å². The first kappa shape index (κ1) is 13.0. The molecule has 0 saturated heterocycles. The molecule has 0 atom stereocenters. The summed E-state index contributed by atoms with van der Waals surface area (Å²) in [6.07, 6.45) is -4.41. The minimum atomic E-state index is -6.25. The van der Waals surface area contributed by atoms with Gasteiger partial charge in [0, 0.05) is 0 Å². The minimum absolute atomic E-state index is 1.35. The molecular formula is C3H2BrF5O3S. The van der Waals surface area contributed by atoms with E-state index in [4.69, 9.17) is 0 Å². The second kappa shape index (κ2) is 3.65. The molecule has 0 rings (SSSR count). The average molecular weight is 293 g/mol. The molecule has 0 amide bonds. The van der Waals surface area contributed by atoms with Crippen molar-refractivity contribution in [2.45, 2.75) is 11.6 Å². The van der Waals surface area contributed by atoms with Crippen LogP contribution in [0.5, 0.6) is 0 Å². The molecule has 3 nitrogen and oxygen atoms in total. The van der Waals surface area contributed by atoms with Crippen LogP contribution in [-0.4, -0.2) is 25.4 Å². The molecule has 0 unspecified atom stereocenters. The topological polar surface area (TPSA) is 43.4 Å². The van der Waals surface area contributed by atoms with Crippen LogP contribution >= 0.6 is 15.9 Å². The third kappa shape index (κ3) is 3.73. The summed E-state index contributed by atoms with van der Waals surface area (Å²) in [5.41, 5.74) is -5.85. The molecule has 13 heavy (non-hydrogen) atoms. The van der Waals surface area contributed by atoms with Gasteiger partial charge in [-0.05, 0) is 0 Å². The van der Waals surface area contributed by atoms with Crippen LogP contribution in [0.3, 0.4) is 0 Å². The monoisotopic (exact) mass is 292 g/mol. The molecule has 0 aliphatic heterocycles. The highest BCUT2D eigenvalue weighted by Crippen LogP contribution is 2.30. The predicted molar refractivity (Wildman–Crippen MR) is 34.8 cm³/mol. The third-order valence-electron chi connectivity index (χ3n) is 0.671. The summed E-state index contributed by atoms with van der Waals surface area (Å²) in [5.74, 6) is 0. The maximum absolute atomic E-state index is 12.0. The summed E-state index contributed by atoms with van der Waals surface area (Å²) in [6, 6.07) is 0. The van der Waals surface area contributed by atoms with E-state index in [9.17, 15) is 30.4 Å². The van der Waals surface area contributed by atoms with Gasteiger partial charge in [0.05, 0.1) is 5.33 Å². The van der Waals surface area contributed by atoms with Gasteiger partial charge in [0.1, 0.15) is 0 Å². The van der Waals surface area contributed by atoms with E-state index >= 15 is 0 Å². The lowest BCUT2D eigenvalue weighted by atomic mass is 10.8. The zero-order valence-electron chi connectivity index (χ0n) is 5.61. The molecule has 0 aliphatic carbocycles. The fraction of sp³-hybridized carbons (Fsp3) is 1.00. The van der Waals surface area contributed by atoms with Crippen LogP contribution in [0.25, 0.3) is 0 Å². The second-order valence-corrected chi connectivity index (χ2v) is 3.85. The van der Waals surface area contributed by atoms with Crippen molar-refractivity contribution in [3.8, 4) is 0 Å². The number of hydrogen-bond donors (Lipinski definition) is 0. The van der Waals surface area contributed by atoms with E-state index in [1.807, 2.05) is 0 Å². The Labute approximate surface area is 78.1 Å². The normalized spacial score (nSPS) is 14.6. The molecule has 0 radical (unpaired) electrons. The van der Waals surface area contributed by atoms with Crippen molar-refractivity contribution in [2.75, 3.05) is 5.33 Å². The molecule has 80 valence electrons. The van der Waals surface area contributed by atoms with Gasteiger partial charge < -0.3 is 0 Å². The standard InChI is InChI=1S/C3H2BrF5O3S/c4-1-2(5,6)12-13(10,11)3(7,8)9/h1H2. The Kier molecular flexibility index (Phi) is 3.67. The van der Waals surface area contributed by atoms with E-state index < -0.39 is 27.1 Å². The summed E-state index contributed by atoms with van der Waals surface area (Å²) in [4.78, 5) is 0. The van der Waals surface area contributed by atoms with Gasteiger partial charge in [-0.25, -0.2) is 0 Å². The van der Waals surface area contributed by atoms with Crippen LogP contribution < -0.4 is 0 Å². The van der Waals surface area contributed by atoms with Gasteiger partial charge >= 0.3 is 21.7 Å². The van der Waals surface area contributed by atoms with Gasteiger partial charge in [0.15, 0.2) is 0 Å². The molecule has 10 heteroatoms. The molecule has 0 saturated carbocycles. The van der Waals surface area contributed by atoms with Gasteiger partial charge in [0.25, 0.3) is 0 Å². The van der Waals surface area contributed by atoms with E-state index in [1.165, 1.54) is 0 Å². The SMILES string of the molecule is O=S(=O)(OC(F)(F)CBr)C(F)(F)F. The Morgan fingerprint density at radius 1 is 1.15 bits per heavy atom.